The molecule has 0 unspecified atom stereocenters. The smallest absolute Gasteiger partial charge is 0.253 e. The molecule has 1 atom stereocenters. The van der Waals surface area contributed by atoms with Crippen molar-refractivity contribution in [3.63, 3.8) is 0 Å². The fourth-order valence-electron chi connectivity index (χ4n) is 3.75. The Labute approximate surface area is 178 Å². The number of hydrogen-bond donors (Lipinski definition) is 2. The largest absolute Gasteiger partial charge is 0.356 e. The minimum absolute atomic E-state index is 0.0208. The number of rotatable bonds is 7. The number of aromatic nitrogens is 2. The highest BCUT2D eigenvalue weighted by Gasteiger charge is 2.28. The molecular weight excluding hydrogens is 378 g/mol. The topological polar surface area (TPSA) is 87.2 Å². The maximum absolute atomic E-state index is 13.0. The highest BCUT2D eigenvalue weighted by atomic mass is 16.2. The van der Waals surface area contributed by atoms with Gasteiger partial charge in [0.2, 0.25) is 11.9 Å². The summed E-state index contributed by atoms with van der Waals surface area (Å²) in [6.45, 7) is 8.29. The third kappa shape index (κ3) is 5.78. The zero-order valence-electron chi connectivity index (χ0n) is 18.1. The molecule has 2 aromatic rings. The molecule has 1 aromatic heterocycles. The van der Waals surface area contributed by atoms with E-state index in [4.69, 9.17) is 0 Å². The van der Waals surface area contributed by atoms with E-state index in [9.17, 15) is 9.59 Å². The van der Waals surface area contributed by atoms with Crippen LogP contribution in [-0.4, -0.2) is 46.3 Å². The van der Waals surface area contributed by atoms with Gasteiger partial charge in [0.05, 0.1) is 5.92 Å². The van der Waals surface area contributed by atoms with Gasteiger partial charge in [-0.2, -0.15) is 0 Å². The van der Waals surface area contributed by atoms with Crippen LogP contribution in [0.15, 0.2) is 30.3 Å². The Morgan fingerprint density at radius 1 is 1.17 bits per heavy atom. The molecular formula is C23H31N5O2. The highest BCUT2D eigenvalue weighted by Crippen LogP contribution is 2.20. The molecule has 2 heterocycles. The molecule has 0 radical (unpaired) electrons. The van der Waals surface area contributed by atoms with Gasteiger partial charge in [-0.25, -0.2) is 9.97 Å². The van der Waals surface area contributed by atoms with E-state index in [0.717, 1.165) is 36.2 Å². The molecule has 1 aromatic carbocycles. The lowest BCUT2D eigenvalue weighted by molar-refractivity contribution is -0.126. The molecule has 2 N–H and O–H groups in total. The molecule has 1 aliphatic rings. The maximum atomic E-state index is 13.0. The Morgan fingerprint density at radius 2 is 1.93 bits per heavy atom. The Balaban J connectivity index is 1.63. The van der Waals surface area contributed by atoms with Crippen molar-refractivity contribution in [3.05, 3.63) is 52.8 Å². The number of nitrogens with one attached hydrogen (secondary N) is 2. The van der Waals surface area contributed by atoms with E-state index in [-0.39, 0.29) is 17.7 Å². The number of carbonyl (C=O) groups excluding carboxylic acids is 2. The Morgan fingerprint density at radius 3 is 2.67 bits per heavy atom. The Kier molecular flexibility index (Phi) is 7.38. The van der Waals surface area contributed by atoms with E-state index < -0.39 is 0 Å². The molecule has 160 valence electrons. The molecule has 1 fully saturated rings. The van der Waals surface area contributed by atoms with Gasteiger partial charge >= 0.3 is 0 Å². The van der Waals surface area contributed by atoms with Gasteiger partial charge in [0.25, 0.3) is 5.91 Å². The summed E-state index contributed by atoms with van der Waals surface area (Å²) in [4.78, 5) is 35.9. The van der Waals surface area contributed by atoms with E-state index in [0.29, 0.717) is 37.7 Å². The molecule has 0 saturated carbocycles. The normalized spacial score (nSPS) is 16.2. The standard InChI is InChI=1S/C23H31N5O2/c1-4-10-24-21(29)20-9-6-11-28(15-20)22(30)19-8-5-7-18(13-19)14-25-23-26-16(2)12-17(3)27-23/h5,7-8,12-13,20H,4,6,9-11,14-15H2,1-3H3,(H,24,29)(H,25,26,27)/t20-/m0/s1. The van der Waals surface area contributed by atoms with Crippen molar-refractivity contribution < 1.29 is 9.59 Å². The van der Waals surface area contributed by atoms with Crippen LogP contribution in [0, 0.1) is 19.8 Å². The van der Waals surface area contributed by atoms with Gasteiger partial charge < -0.3 is 15.5 Å². The minimum atomic E-state index is -0.124. The second-order valence-corrected chi connectivity index (χ2v) is 7.91. The van der Waals surface area contributed by atoms with Crippen LogP contribution in [0.1, 0.15) is 53.5 Å². The number of hydrogen-bond acceptors (Lipinski definition) is 5. The summed E-state index contributed by atoms with van der Waals surface area (Å²) in [5.74, 6) is 0.496. The Hall–Kier alpha value is -2.96. The van der Waals surface area contributed by atoms with Gasteiger partial charge in [-0.3, -0.25) is 9.59 Å². The Bertz CT molecular complexity index is 879. The zero-order valence-corrected chi connectivity index (χ0v) is 18.1. The minimum Gasteiger partial charge on any atom is -0.356 e. The monoisotopic (exact) mass is 409 g/mol. The number of anilines is 1. The lowest BCUT2D eigenvalue weighted by Gasteiger charge is -2.32. The van der Waals surface area contributed by atoms with Crippen LogP contribution in [0.2, 0.25) is 0 Å². The van der Waals surface area contributed by atoms with Gasteiger partial charge in [-0.05, 0) is 56.9 Å². The molecule has 7 nitrogen and oxygen atoms in total. The first kappa shape index (κ1) is 21.7. The van der Waals surface area contributed by atoms with Crippen molar-refractivity contribution in [2.45, 2.75) is 46.6 Å². The van der Waals surface area contributed by atoms with E-state index in [2.05, 4.69) is 20.6 Å². The second kappa shape index (κ2) is 10.2. The summed E-state index contributed by atoms with van der Waals surface area (Å²) >= 11 is 0. The van der Waals surface area contributed by atoms with Crippen LogP contribution in [-0.2, 0) is 11.3 Å². The van der Waals surface area contributed by atoms with E-state index in [1.54, 1.807) is 4.90 Å². The molecule has 1 aliphatic heterocycles. The van der Waals surface area contributed by atoms with Crippen molar-refractivity contribution in [3.8, 4) is 0 Å². The lowest BCUT2D eigenvalue weighted by Crippen LogP contribution is -2.45. The fourth-order valence-corrected chi connectivity index (χ4v) is 3.75. The number of carbonyl (C=O) groups is 2. The van der Waals surface area contributed by atoms with Crippen molar-refractivity contribution in [1.29, 1.82) is 0 Å². The predicted molar refractivity (Wildman–Crippen MR) is 117 cm³/mol. The number of piperidine rings is 1. The number of nitrogens with zero attached hydrogens (tertiary/aromatic N) is 3. The number of benzene rings is 1. The van der Waals surface area contributed by atoms with Crippen LogP contribution in [0.5, 0.6) is 0 Å². The number of aryl methyl sites for hydroxylation is 2. The lowest BCUT2D eigenvalue weighted by atomic mass is 9.96. The molecule has 3 rings (SSSR count). The average molecular weight is 410 g/mol. The van der Waals surface area contributed by atoms with Crippen LogP contribution in [0.3, 0.4) is 0 Å². The molecule has 1 saturated heterocycles. The van der Waals surface area contributed by atoms with Crippen molar-refractivity contribution in [2.24, 2.45) is 5.92 Å². The van der Waals surface area contributed by atoms with E-state index in [1.165, 1.54) is 0 Å². The van der Waals surface area contributed by atoms with Crippen molar-refractivity contribution >= 4 is 17.8 Å². The van der Waals surface area contributed by atoms with Gasteiger partial charge in [0.1, 0.15) is 0 Å². The van der Waals surface area contributed by atoms with Crippen molar-refractivity contribution in [2.75, 3.05) is 25.0 Å². The maximum Gasteiger partial charge on any atom is 0.253 e. The molecule has 7 heteroatoms. The van der Waals surface area contributed by atoms with Crippen LogP contribution in [0.4, 0.5) is 5.95 Å². The van der Waals surface area contributed by atoms with Crippen LogP contribution < -0.4 is 10.6 Å². The zero-order chi connectivity index (χ0) is 21.5. The first-order chi connectivity index (χ1) is 14.5. The van der Waals surface area contributed by atoms with Crippen molar-refractivity contribution in [1.82, 2.24) is 20.2 Å². The van der Waals surface area contributed by atoms with E-state index in [1.807, 2.05) is 51.1 Å². The number of likely N-dealkylation sites (tertiary alicyclic amines) is 1. The van der Waals surface area contributed by atoms with Crippen LogP contribution >= 0.6 is 0 Å². The predicted octanol–water partition coefficient (Wildman–Crippen LogP) is 3.08. The first-order valence-corrected chi connectivity index (χ1v) is 10.7. The molecule has 30 heavy (non-hydrogen) atoms. The van der Waals surface area contributed by atoms with Gasteiger partial charge in [0.15, 0.2) is 0 Å². The second-order valence-electron chi connectivity index (χ2n) is 7.91. The van der Waals surface area contributed by atoms with E-state index >= 15 is 0 Å². The number of amides is 2. The van der Waals surface area contributed by atoms with Gasteiger partial charge in [0, 0.05) is 43.1 Å². The summed E-state index contributed by atoms with van der Waals surface area (Å²) in [5.41, 5.74) is 3.45. The van der Waals surface area contributed by atoms with Gasteiger partial charge in [-0.15, -0.1) is 0 Å². The molecule has 0 spiro atoms. The summed E-state index contributed by atoms with van der Waals surface area (Å²) in [5, 5.41) is 6.18. The fraction of sp³-hybridized carbons (Fsp3) is 0.478. The van der Waals surface area contributed by atoms with Crippen LogP contribution in [0.25, 0.3) is 0 Å². The first-order valence-electron chi connectivity index (χ1n) is 10.7. The third-order valence-electron chi connectivity index (χ3n) is 5.24. The van der Waals surface area contributed by atoms with Gasteiger partial charge in [-0.1, -0.05) is 19.1 Å². The summed E-state index contributed by atoms with van der Waals surface area (Å²) < 4.78 is 0. The SMILES string of the molecule is CCCNC(=O)[C@H]1CCCN(C(=O)c2cccc(CNc3nc(C)cc(C)n3)c2)C1. The highest BCUT2D eigenvalue weighted by molar-refractivity contribution is 5.95. The summed E-state index contributed by atoms with van der Waals surface area (Å²) in [7, 11) is 0. The molecule has 2 amide bonds. The summed E-state index contributed by atoms with van der Waals surface area (Å²) in [6.07, 6.45) is 2.59. The molecule has 0 aliphatic carbocycles. The summed E-state index contributed by atoms with van der Waals surface area (Å²) in [6, 6.07) is 9.53. The average Bonchev–Trinajstić information content (AvgIpc) is 2.75. The quantitative estimate of drug-likeness (QED) is 0.734. The molecule has 0 bridgehead atoms. The third-order valence-corrected chi connectivity index (χ3v) is 5.24.